The number of carbonyl (C=O) groups excluding carboxylic acids is 1. The second-order valence-corrected chi connectivity index (χ2v) is 6.84. The summed E-state index contributed by atoms with van der Waals surface area (Å²) in [6.07, 6.45) is 0.999. The Balaban J connectivity index is 1.44. The van der Waals surface area contributed by atoms with E-state index in [1.807, 2.05) is 97.1 Å². The molecule has 0 atom stereocenters. The van der Waals surface area contributed by atoms with Gasteiger partial charge >= 0.3 is 0 Å². The molecule has 0 spiro atoms. The molecule has 4 aromatic rings. The lowest BCUT2D eigenvalue weighted by molar-refractivity contribution is -0.116. The first-order valence-corrected chi connectivity index (χ1v) is 9.98. The Bertz CT molecular complexity index is 1080. The summed E-state index contributed by atoms with van der Waals surface area (Å²) in [6, 6.07) is 31.2. The van der Waals surface area contributed by atoms with E-state index in [9.17, 15) is 4.79 Å². The molecule has 1 N–H and O–H groups in total. The molecule has 0 aliphatic rings. The summed E-state index contributed by atoms with van der Waals surface area (Å²) in [6.45, 7) is 0.491. The Morgan fingerprint density at radius 2 is 1.50 bits per heavy atom. The van der Waals surface area contributed by atoms with E-state index in [2.05, 4.69) is 5.32 Å². The highest BCUT2D eigenvalue weighted by molar-refractivity contribution is 5.90. The zero-order chi connectivity index (χ0) is 20.6. The van der Waals surface area contributed by atoms with Crippen LogP contribution in [0.25, 0.3) is 16.9 Å². The fourth-order valence-corrected chi connectivity index (χ4v) is 3.13. The lowest BCUT2D eigenvalue weighted by Crippen LogP contribution is -2.15. The van der Waals surface area contributed by atoms with Crippen LogP contribution in [-0.2, 0) is 4.79 Å². The minimum absolute atomic E-state index is 0.0663. The van der Waals surface area contributed by atoms with Crippen molar-refractivity contribution in [2.45, 2.75) is 12.8 Å². The molecule has 0 saturated heterocycles. The number of anilines is 1. The summed E-state index contributed by atoms with van der Waals surface area (Å²) in [5.41, 5.74) is 2.70. The molecule has 0 fully saturated rings. The van der Waals surface area contributed by atoms with Crippen molar-refractivity contribution in [2.75, 3.05) is 11.9 Å². The van der Waals surface area contributed by atoms with Crippen molar-refractivity contribution >= 4 is 11.7 Å². The first-order chi connectivity index (χ1) is 14.8. The first kappa shape index (κ1) is 19.5. The van der Waals surface area contributed by atoms with Crippen molar-refractivity contribution in [1.82, 2.24) is 9.78 Å². The van der Waals surface area contributed by atoms with Crippen molar-refractivity contribution in [3.63, 3.8) is 0 Å². The van der Waals surface area contributed by atoms with Gasteiger partial charge in [-0.3, -0.25) is 4.79 Å². The quantitative estimate of drug-likeness (QED) is 0.409. The fourth-order valence-electron chi connectivity index (χ4n) is 3.13. The average molecular weight is 397 g/mol. The molecule has 150 valence electrons. The van der Waals surface area contributed by atoms with Gasteiger partial charge in [0.1, 0.15) is 11.6 Å². The van der Waals surface area contributed by atoms with Gasteiger partial charge in [0.05, 0.1) is 18.0 Å². The Morgan fingerprint density at radius 3 is 2.20 bits per heavy atom. The molecule has 0 radical (unpaired) electrons. The monoisotopic (exact) mass is 397 g/mol. The number of amides is 1. The van der Waals surface area contributed by atoms with E-state index < -0.39 is 0 Å². The third kappa shape index (κ3) is 4.94. The molecule has 1 aromatic heterocycles. The number of nitrogens with one attached hydrogen (secondary N) is 1. The SMILES string of the molecule is O=C(CCCOc1ccccc1)Nc1cc(-c2ccccc2)nn1-c1ccccc1. The lowest BCUT2D eigenvalue weighted by Gasteiger charge is -2.09. The van der Waals surface area contributed by atoms with E-state index in [4.69, 9.17) is 9.84 Å². The van der Waals surface area contributed by atoms with Gasteiger partial charge in [0.2, 0.25) is 5.91 Å². The number of ether oxygens (including phenoxy) is 1. The van der Waals surface area contributed by atoms with E-state index >= 15 is 0 Å². The maximum absolute atomic E-state index is 12.5. The predicted molar refractivity (Wildman–Crippen MR) is 119 cm³/mol. The number of aromatic nitrogens is 2. The summed E-state index contributed by atoms with van der Waals surface area (Å²) >= 11 is 0. The van der Waals surface area contributed by atoms with Crippen LogP contribution < -0.4 is 10.1 Å². The van der Waals surface area contributed by atoms with Gasteiger partial charge in [0, 0.05) is 18.1 Å². The second-order valence-electron chi connectivity index (χ2n) is 6.84. The van der Waals surface area contributed by atoms with Gasteiger partial charge in [-0.1, -0.05) is 66.7 Å². The molecule has 0 aliphatic heterocycles. The van der Waals surface area contributed by atoms with Crippen molar-refractivity contribution in [3.8, 4) is 22.7 Å². The van der Waals surface area contributed by atoms with Crippen LogP contribution in [0.5, 0.6) is 5.75 Å². The maximum atomic E-state index is 12.5. The largest absolute Gasteiger partial charge is 0.494 e. The van der Waals surface area contributed by atoms with E-state index in [1.54, 1.807) is 4.68 Å². The molecule has 0 aliphatic carbocycles. The molecule has 0 saturated carbocycles. The number of nitrogens with zero attached hydrogens (tertiary/aromatic N) is 2. The van der Waals surface area contributed by atoms with Crippen LogP contribution in [0.3, 0.4) is 0 Å². The molecule has 0 unspecified atom stereocenters. The molecule has 5 heteroatoms. The highest BCUT2D eigenvalue weighted by atomic mass is 16.5. The fraction of sp³-hybridized carbons (Fsp3) is 0.120. The lowest BCUT2D eigenvalue weighted by atomic mass is 10.1. The average Bonchev–Trinajstić information content (AvgIpc) is 3.22. The number of para-hydroxylation sites is 2. The molecule has 1 heterocycles. The highest BCUT2D eigenvalue weighted by Gasteiger charge is 2.13. The van der Waals surface area contributed by atoms with Crippen LogP contribution in [0.4, 0.5) is 5.82 Å². The molecular formula is C25H23N3O2. The van der Waals surface area contributed by atoms with Gasteiger partial charge in [-0.15, -0.1) is 0 Å². The molecule has 30 heavy (non-hydrogen) atoms. The zero-order valence-electron chi connectivity index (χ0n) is 16.6. The number of carbonyl (C=O) groups is 1. The van der Waals surface area contributed by atoms with Crippen LogP contribution >= 0.6 is 0 Å². The van der Waals surface area contributed by atoms with Gasteiger partial charge in [-0.2, -0.15) is 5.10 Å². The first-order valence-electron chi connectivity index (χ1n) is 9.98. The molecular weight excluding hydrogens is 374 g/mol. The third-order valence-corrected chi connectivity index (χ3v) is 4.61. The third-order valence-electron chi connectivity index (χ3n) is 4.61. The van der Waals surface area contributed by atoms with E-state index in [1.165, 1.54) is 0 Å². The van der Waals surface area contributed by atoms with Crippen molar-refractivity contribution in [1.29, 1.82) is 0 Å². The van der Waals surface area contributed by atoms with Crippen LogP contribution in [0.2, 0.25) is 0 Å². The number of benzene rings is 3. The van der Waals surface area contributed by atoms with Crippen LogP contribution in [-0.4, -0.2) is 22.3 Å². The zero-order valence-corrected chi connectivity index (χ0v) is 16.6. The van der Waals surface area contributed by atoms with E-state index in [-0.39, 0.29) is 5.91 Å². The number of hydrogen-bond donors (Lipinski definition) is 1. The van der Waals surface area contributed by atoms with Gasteiger partial charge < -0.3 is 10.1 Å². The van der Waals surface area contributed by atoms with Crippen LogP contribution in [0.1, 0.15) is 12.8 Å². The Labute approximate surface area is 175 Å². The molecule has 4 rings (SSSR count). The molecule has 0 bridgehead atoms. The molecule has 3 aromatic carbocycles. The summed E-state index contributed by atoms with van der Waals surface area (Å²) in [7, 11) is 0. The van der Waals surface area contributed by atoms with E-state index in [0.29, 0.717) is 25.3 Å². The standard InChI is InChI=1S/C25H23N3O2/c29-25(17-10-18-30-22-15-8-3-9-16-22)26-24-19-23(20-11-4-1-5-12-20)27-28(24)21-13-6-2-7-14-21/h1-9,11-16,19H,10,17-18H2,(H,26,29). The normalized spacial score (nSPS) is 10.5. The minimum atomic E-state index is -0.0663. The Morgan fingerprint density at radius 1 is 0.867 bits per heavy atom. The van der Waals surface area contributed by atoms with Crippen molar-refractivity contribution < 1.29 is 9.53 Å². The predicted octanol–water partition coefficient (Wildman–Crippen LogP) is 5.34. The van der Waals surface area contributed by atoms with Gasteiger partial charge in [-0.05, 0) is 30.7 Å². The van der Waals surface area contributed by atoms with Crippen molar-refractivity contribution in [2.24, 2.45) is 0 Å². The number of hydrogen-bond acceptors (Lipinski definition) is 3. The minimum Gasteiger partial charge on any atom is -0.494 e. The van der Waals surface area contributed by atoms with Crippen molar-refractivity contribution in [3.05, 3.63) is 97.1 Å². The summed E-state index contributed by atoms with van der Waals surface area (Å²) in [5, 5.41) is 7.72. The topological polar surface area (TPSA) is 56.1 Å². The summed E-state index contributed by atoms with van der Waals surface area (Å²) in [5.74, 6) is 1.39. The second kappa shape index (κ2) is 9.56. The smallest absolute Gasteiger partial charge is 0.225 e. The number of rotatable bonds is 8. The van der Waals surface area contributed by atoms with Gasteiger partial charge in [0.25, 0.3) is 0 Å². The summed E-state index contributed by atoms with van der Waals surface area (Å²) in [4.78, 5) is 12.5. The summed E-state index contributed by atoms with van der Waals surface area (Å²) < 4.78 is 7.43. The van der Waals surface area contributed by atoms with Gasteiger partial charge in [-0.25, -0.2) is 4.68 Å². The molecule has 5 nitrogen and oxygen atoms in total. The Kier molecular flexibility index (Phi) is 6.20. The van der Waals surface area contributed by atoms with Crippen LogP contribution in [0, 0.1) is 0 Å². The van der Waals surface area contributed by atoms with Crippen LogP contribution in [0.15, 0.2) is 97.1 Å². The maximum Gasteiger partial charge on any atom is 0.225 e. The van der Waals surface area contributed by atoms with E-state index in [0.717, 1.165) is 22.7 Å². The highest BCUT2D eigenvalue weighted by Crippen LogP contribution is 2.24. The Hall–Kier alpha value is -3.86. The molecule has 1 amide bonds. The van der Waals surface area contributed by atoms with Gasteiger partial charge in [0.15, 0.2) is 0 Å².